The second kappa shape index (κ2) is 8.24. The van der Waals surface area contributed by atoms with Crippen molar-refractivity contribution in [1.82, 2.24) is 5.32 Å². The summed E-state index contributed by atoms with van der Waals surface area (Å²) in [6, 6.07) is 11.4. The summed E-state index contributed by atoms with van der Waals surface area (Å²) in [6.45, 7) is 7.16. The summed E-state index contributed by atoms with van der Waals surface area (Å²) >= 11 is 2.24. The molecule has 2 rings (SSSR count). The average molecular weight is 306 g/mol. The Kier molecular flexibility index (Phi) is 6.63. The van der Waals surface area contributed by atoms with Gasteiger partial charge in [-0.05, 0) is 37.3 Å². The molecule has 0 radical (unpaired) electrons. The van der Waals surface area contributed by atoms with E-state index in [0.717, 1.165) is 11.2 Å². The van der Waals surface area contributed by atoms with E-state index in [9.17, 15) is 0 Å². The Morgan fingerprint density at radius 3 is 2.43 bits per heavy atom. The van der Waals surface area contributed by atoms with Gasteiger partial charge in [-0.3, -0.25) is 0 Å². The van der Waals surface area contributed by atoms with E-state index in [-0.39, 0.29) is 0 Å². The molecule has 0 bridgehead atoms. The van der Waals surface area contributed by atoms with Gasteiger partial charge in [-0.1, -0.05) is 63.9 Å². The minimum absolute atomic E-state index is 0.452. The lowest BCUT2D eigenvalue weighted by Crippen LogP contribution is -2.33. The molecule has 1 saturated carbocycles. The first-order valence-electron chi connectivity index (χ1n) is 8.49. The molecule has 1 aliphatic carbocycles. The maximum absolute atomic E-state index is 3.58. The Hall–Kier alpha value is -0.470. The van der Waals surface area contributed by atoms with E-state index in [4.69, 9.17) is 0 Å². The molecule has 0 spiro atoms. The molecule has 1 N–H and O–H groups in total. The Labute approximate surface area is 135 Å². The van der Waals surface area contributed by atoms with Crippen LogP contribution in [0, 0.1) is 11.8 Å². The van der Waals surface area contributed by atoms with Gasteiger partial charge in [-0.2, -0.15) is 11.8 Å². The van der Waals surface area contributed by atoms with Gasteiger partial charge >= 0.3 is 0 Å². The fraction of sp³-hybridized carbons (Fsp3) is 0.684. The summed E-state index contributed by atoms with van der Waals surface area (Å²) in [5, 5.41) is 5.07. The zero-order valence-corrected chi connectivity index (χ0v) is 14.8. The van der Waals surface area contributed by atoms with Crippen LogP contribution < -0.4 is 5.32 Å². The van der Waals surface area contributed by atoms with Gasteiger partial charge in [0.2, 0.25) is 0 Å². The van der Waals surface area contributed by atoms with Crippen molar-refractivity contribution in [1.29, 1.82) is 0 Å². The summed E-state index contributed by atoms with van der Waals surface area (Å²) in [4.78, 5) is 0. The van der Waals surface area contributed by atoms with E-state index < -0.39 is 0 Å². The standard InChI is InChI=1S/C19H31NS/c1-14(2)19(21-17-12-8-9-15(3)13-17)18(20-4)16-10-6-5-7-11-16/h5-7,10-11,14-15,17-20H,8-9,12-13H2,1-4H3. The summed E-state index contributed by atoms with van der Waals surface area (Å²) in [5.41, 5.74) is 1.43. The first kappa shape index (κ1) is 16.9. The van der Waals surface area contributed by atoms with Crippen LogP contribution in [0.1, 0.15) is 58.1 Å². The first-order chi connectivity index (χ1) is 10.1. The van der Waals surface area contributed by atoms with Crippen LogP contribution in [0.25, 0.3) is 0 Å². The minimum atomic E-state index is 0.452. The summed E-state index contributed by atoms with van der Waals surface area (Å²) in [6.07, 6.45) is 5.65. The molecule has 2 heteroatoms. The molecule has 1 aromatic carbocycles. The fourth-order valence-corrected chi connectivity index (χ4v) is 5.48. The van der Waals surface area contributed by atoms with Gasteiger partial charge in [-0.25, -0.2) is 0 Å². The number of thioether (sulfide) groups is 1. The highest BCUT2D eigenvalue weighted by molar-refractivity contribution is 8.00. The van der Waals surface area contributed by atoms with E-state index in [1.54, 1.807) is 0 Å². The van der Waals surface area contributed by atoms with E-state index in [1.165, 1.54) is 31.2 Å². The van der Waals surface area contributed by atoms with Crippen molar-refractivity contribution >= 4 is 11.8 Å². The maximum atomic E-state index is 3.58. The van der Waals surface area contributed by atoms with Crippen LogP contribution in [0.4, 0.5) is 0 Å². The Morgan fingerprint density at radius 1 is 1.14 bits per heavy atom. The van der Waals surface area contributed by atoms with Crippen LogP contribution in [0.15, 0.2) is 30.3 Å². The van der Waals surface area contributed by atoms with Gasteiger partial charge in [0.15, 0.2) is 0 Å². The van der Waals surface area contributed by atoms with E-state index >= 15 is 0 Å². The van der Waals surface area contributed by atoms with Gasteiger partial charge < -0.3 is 5.32 Å². The minimum Gasteiger partial charge on any atom is -0.312 e. The number of hydrogen-bond donors (Lipinski definition) is 1. The molecule has 0 amide bonds. The van der Waals surface area contributed by atoms with Crippen LogP contribution in [0.3, 0.4) is 0 Å². The van der Waals surface area contributed by atoms with Crippen LogP contribution in [0.5, 0.6) is 0 Å². The van der Waals surface area contributed by atoms with Crippen molar-refractivity contribution in [3.63, 3.8) is 0 Å². The van der Waals surface area contributed by atoms with Crippen molar-refractivity contribution in [2.24, 2.45) is 11.8 Å². The van der Waals surface area contributed by atoms with Gasteiger partial charge in [0.25, 0.3) is 0 Å². The topological polar surface area (TPSA) is 12.0 Å². The predicted molar refractivity (Wildman–Crippen MR) is 95.9 cm³/mol. The lowest BCUT2D eigenvalue weighted by Gasteiger charge is -2.35. The molecule has 1 fully saturated rings. The first-order valence-corrected chi connectivity index (χ1v) is 9.43. The number of hydrogen-bond acceptors (Lipinski definition) is 2. The zero-order valence-electron chi connectivity index (χ0n) is 14.0. The molecule has 1 nitrogen and oxygen atoms in total. The van der Waals surface area contributed by atoms with Crippen LogP contribution in [-0.2, 0) is 0 Å². The molecule has 0 heterocycles. The van der Waals surface area contributed by atoms with Gasteiger partial charge in [0.05, 0.1) is 0 Å². The lowest BCUT2D eigenvalue weighted by molar-refractivity contribution is 0.389. The Morgan fingerprint density at radius 2 is 1.86 bits per heavy atom. The van der Waals surface area contributed by atoms with E-state index in [2.05, 4.69) is 75.2 Å². The molecule has 1 aliphatic rings. The van der Waals surface area contributed by atoms with Gasteiger partial charge in [0.1, 0.15) is 0 Å². The zero-order chi connectivity index (χ0) is 15.2. The third-order valence-electron chi connectivity index (χ3n) is 4.69. The average Bonchev–Trinajstić information content (AvgIpc) is 2.48. The molecule has 0 aromatic heterocycles. The van der Waals surface area contributed by atoms with Crippen molar-refractivity contribution in [3.8, 4) is 0 Å². The summed E-state index contributed by atoms with van der Waals surface area (Å²) < 4.78 is 0. The molecule has 4 atom stereocenters. The summed E-state index contributed by atoms with van der Waals surface area (Å²) in [5.74, 6) is 1.60. The molecule has 4 unspecified atom stereocenters. The van der Waals surface area contributed by atoms with Gasteiger partial charge in [-0.15, -0.1) is 0 Å². The van der Waals surface area contributed by atoms with Crippen LogP contribution in [0.2, 0.25) is 0 Å². The van der Waals surface area contributed by atoms with Crippen molar-refractivity contribution in [2.75, 3.05) is 7.05 Å². The smallest absolute Gasteiger partial charge is 0.0440 e. The number of benzene rings is 1. The Balaban J connectivity index is 2.09. The lowest BCUT2D eigenvalue weighted by atomic mass is 9.90. The number of rotatable bonds is 6. The molecule has 0 aliphatic heterocycles. The summed E-state index contributed by atoms with van der Waals surface area (Å²) in [7, 11) is 2.11. The van der Waals surface area contributed by atoms with E-state index in [1.807, 2.05) is 0 Å². The monoisotopic (exact) mass is 305 g/mol. The Bertz CT molecular complexity index is 403. The highest BCUT2D eigenvalue weighted by atomic mass is 32.2. The quantitative estimate of drug-likeness (QED) is 0.767. The third-order valence-corrected chi connectivity index (χ3v) is 6.64. The second-order valence-corrected chi connectivity index (χ2v) is 8.40. The molecule has 21 heavy (non-hydrogen) atoms. The van der Waals surface area contributed by atoms with Crippen molar-refractivity contribution in [2.45, 2.75) is 63.0 Å². The normalized spacial score (nSPS) is 25.8. The fourth-order valence-electron chi connectivity index (χ4n) is 3.53. The SMILES string of the molecule is CNC(c1ccccc1)C(SC1CCCC(C)C1)C(C)C. The molecule has 118 valence electrons. The maximum Gasteiger partial charge on any atom is 0.0440 e. The van der Waals surface area contributed by atoms with Crippen molar-refractivity contribution < 1.29 is 0 Å². The number of nitrogens with one attached hydrogen (secondary N) is 1. The van der Waals surface area contributed by atoms with Crippen LogP contribution in [-0.4, -0.2) is 17.5 Å². The molecular weight excluding hydrogens is 274 g/mol. The van der Waals surface area contributed by atoms with Crippen molar-refractivity contribution in [3.05, 3.63) is 35.9 Å². The largest absolute Gasteiger partial charge is 0.312 e. The highest BCUT2D eigenvalue weighted by Gasteiger charge is 2.30. The predicted octanol–water partition coefficient (Wildman–Crippen LogP) is 5.28. The second-order valence-electron chi connectivity index (χ2n) is 6.92. The molecule has 1 aromatic rings. The van der Waals surface area contributed by atoms with Gasteiger partial charge in [0, 0.05) is 16.5 Å². The van der Waals surface area contributed by atoms with E-state index in [0.29, 0.717) is 17.2 Å². The molecule has 0 saturated heterocycles. The highest BCUT2D eigenvalue weighted by Crippen LogP contribution is 2.40. The van der Waals surface area contributed by atoms with Crippen LogP contribution >= 0.6 is 11.8 Å². The third kappa shape index (κ3) is 4.75. The molecular formula is C19H31NS.